The Morgan fingerprint density at radius 3 is 2.03 bits per heavy atom. The Labute approximate surface area is 175 Å². The molecule has 3 rings (SSSR count). The highest BCUT2D eigenvalue weighted by molar-refractivity contribution is 7.90. The first-order valence-electron chi connectivity index (χ1n) is 8.79. The average Bonchev–Trinajstić information content (AvgIpc) is 2.73. The minimum absolute atomic E-state index is 0.114. The molecular weight excluding hydrogens is 404 g/mol. The van der Waals surface area contributed by atoms with Crippen molar-refractivity contribution in [2.75, 3.05) is 5.32 Å². The fourth-order valence-electron chi connectivity index (χ4n) is 2.43. The first kappa shape index (κ1) is 20.5. The van der Waals surface area contributed by atoms with Gasteiger partial charge in [-0.2, -0.15) is 8.42 Å². The van der Waals surface area contributed by atoms with Crippen molar-refractivity contribution in [1.82, 2.24) is 10.9 Å². The van der Waals surface area contributed by atoms with Crippen molar-refractivity contribution in [3.05, 3.63) is 96.1 Å². The molecule has 0 saturated carbocycles. The molecule has 3 aromatic carbocycles. The number of amidine groups is 1. The number of rotatable bonds is 4. The summed E-state index contributed by atoms with van der Waals surface area (Å²) in [7, 11) is -3.91. The summed E-state index contributed by atoms with van der Waals surface area (Å²) in [4.78, 5) is 0.114. The normalized spacial score (nSPS) is 11.6. The van der Waals surface area contributed by atoms with E-state index in [0.29, 0.717) is 5.56 Å². The molecular formula is C21H20N4O2S2. The summed E-state index contributed by atoms with van der Waals surface area (Å²) in [5, 5.41) is 3.27. The van der Waals surface area contributed by atoms with E-state index in [9.17, 15) is 8.42 Å². The number of hydrogen-bond acceptors (Lipinski definition) is 3. The van der Waals surface area contributed by atoms with E-state index in [1.807, 2.05) is 43.3 Å². The molecule has 0 aliphatic heterocycles. The van der Waals surface area contributed by atoms with E-state index in [4.69, 9.17) is 12.2 Å². The molecule has 3 aromatic rings. The summed E-state index contributed by atoms with van der Waals surface area (Å²) in [6, 6.07) is 24.9. The molecule has 3 N–H and O–H groups in total. The zero-order chi connectivity index (χ0) is 20.7. The van der Waals surface area contributed by atoms with Crippen molar-refractivity contribution >= 4 is 38.9 Å². The third-order valence-electron chi connectivity index (χ3n) is 3.90. The largest absolute Gasteiger partial charge is 0.331 e. The Morgan fingerprint density at radius 1 is 0.828 bits per heavy atom. The number of thiocarbonyl (C=S) groups is 1. The number of hydrazine groups is 1. The van der Waals surface area contributed by atoms with Crippen LogP contribution in [0.25, 0.3) is 0 Å². The van der Waals surface area contributed by atoms with Gasteiger partial charge in [-0.3, -0.25) is 10.9 Å². The molecule has 8 heteroatoms. The molecule has 0 radical (unpaired) electrons. The monoisotopic (exact) mass is 424 g/mol. The summed E-state index contributed by atoms with van der Waals surface area (Å²) in [6.45, 7) is 1.89. The number of nitrogens with one attached hydrogen (secondary N) is 3. The van der Waals surface area contributed by atoms with E-state index in [-0.39, 0.29) is 15.8 Å². The zero-order valence-electron chi connectivity index (χ0n) is 15.7. The van der Waals surface area contributed by atoms with Gasteiger partial charge in [-0.05, 0) is 43.4 Å². The Balaban J connectivity index is 1.82. The van der Waals surface area contributed by atoms with Crippen molar-refractivity contribution in [3.63, 3.8) is 0 Å². The lowest BCUT2D eigenvalue weighted by Crippen LogP contribution is -2.44. The Morgan fingerprint density at radius 2 is 1.41 bits per heavy atom. The average molecular weight is 425 g/mol. The second kappa shape index (κ2) is 9.31. The quantitative estimate of drug-likeness (QED) is 0.257. The van der Waals surface area contributed by atoms with Crippen LogP contribution in [0.2, 0.25) is 0 Å². The van der Waals surface area contributed by atoms with Crippen LogP contribution in [-0.2, 0) is 10.0 Å². The van der Waals surface area contributed by atoms with Gasteiger partial charge in [0.2, 0.25) is 0 Å². The van der Waals surface area contributed by atoms with E-state index in [1.165, 1.54) is 12.1 Å². The highest BCUT2D eigenvalue weighted by Gasteiger charge is 2.15. The minimum Gasteiger partial charge on any atom is -0.331 e. The lowest BCUT2D eigenvalue weighted by molar-refractivity contribution is 0.597. The first-order chi connectivity index (χ1) is 13.9. The molecule has 148 valence electrons. The fraction of sp³-hybridized carbons (Fsp3) is 0.0476. The number of aryl methyl sites for hydroxylation is 1. The smallest absolute Gasteiger partial charge is 0.284 e. The van der Waals surface area contributed by atoms with Crippen molar-refractivity contribution < 1.29 is 8.42 Å². The molecule has 0 atom stereocenters. The van der Waals surface area contributed by atoms with Gasteiger partial charge in [0.25, 0.3) is 10.0 Å². The van der Waals surface area contributed by atoms with Crippen molar-refractivity contribution in [1.29, 1.82) is 0 Å². The summed E-state index contributed by atoms with van der Waals surface area (Å²) in [6.07, 6.45) is 0. The van der Waals surface area contributed by atoms with Gasteiger partial charge in [0, 0.05) is 11.3 Å². The molecule has 0 unspecified atom stereocenters. The van der Waals surface area contributed by atoms with E-state index in [0.717, 1.165) is 11.3 Å². The fourth-order valence-corrected chi connectivity index (χ4v) is 3.57. The molecule has 0 aliphatic rings. The molecule has 0 aromatic heterocycles. The lowest BCUT2D eigenvalue weighted by Gasteiger charge is -2.14. The molecule has 6 nitrogen and oxygen atoms in total. The van der Waals surface area contributed by atoms with Gasteiger partial charge in [-0.25, -0.2) is 0 Å². The second-order valence-electron chi connectivity index (χ2n) is 6.16. The first-order valence-corrected chi connectivity index (χ1v) is 10.6. The molecule has 0 saturated heterocycles. The maximum Gasteiger partial charge on any atom is 0.284 e. The molecule has 0 amide bonds. The maximum absolute atomic E-state index is 12.8. The third-order valence-corrected chi connectivity index (χ3v) is 5.40. The van der Waals surface area contributed by atoms with Crippen LogP contribution in [0.4, 0.5) is 5.69 Å². The second-order valence-corrected chi connectivity index (χ2v) is 8.18. The van der Waals surface area contributed by atoms with E-state index in [2.05, 4.69) is 20.6 Å². The predicted octanol–water partition coefficient (Wildman–Crippen LogP) is 3.62. The lowest BCUT2D eigenvalue weighted by atomic mass is 10.2. The van der Waals surface area contributed by atoms with Gasteiger partial charge in [0.15, 0.2) is 10.9 Å². The van der Waals surface area contributed by atoms with Crippen molar-refractivity contribution in [2.24, 2.45) is 4.40 Å². The summed E-state index contributed by atoms with van der Waals surface area (Å²) in [5.41, 5.74) is 7.96. The van der Waals surface area contributed by atoms with Crippen LogP contribution in [0.15, 0.2) is 94.2 Å². The SMILES string of the molecule is Cc1ccc(S(=O)(=O)N=C(NNC(=S)Nc2ccccc2)c2ccccc2)cc1. The van der Waals surface area contributed by atoms with Gasteiger partial charge < -0.3 is 5.32 Å². The zero-order valence-corrected chi connectivity index (χ0v) is 17.3. The van der Waals surface area contributed by atoms with Gasteiger partial charge in [0.1, 0.15) is 0 Å². The standard InChI is InChI=1S/C21H20N4O2S2/c1-16-12-14-19(15-13-16)29(26,27)25-20(17-8-4-2-5-9-17)23-24-21(28)22-18-10-6-3-7-11-18/h2-15H,1H3,(H,23,25)(H2,22,24,28). The van der Waals surface area contributed by atoms with Crippen LogP contribution in [0.3, 0.4) is 0 Å². The topological polar surface area (TPSA) is 82.6 Å². The molecule has 29 heavy (non-hydrogen) atoms. The minimum atomic E-state index is -3.91. The van der Waals surface area contributed by atoms with Crippen LogP contribution >= 0.6 is 12.2 Å². The number of hydrogen-bond donors (Lipinski definition) is 3. The van der Waals surface area contributed by atoms with Crippen LogP contribution in [0, 0.1) is 6.92 Å². The molecule has 0 heterocycles. The number of nitrogens with zero attached hydrogens (tertiary/aromatic N) is 1. The van der Waals surface area contributed by atoms with E-state index in [1.54, 1.807) is 36.4 Å². The maximum atomic E-state index is 12.8. The summed E-state index contributed by atoms with van der Waals surface area (Å²) in [5.74, 6) is 0.128. The highest BCUT2D eigenvalue weighted by atomic mass is 32.2. The third kappa shape index (κ3) is 5.87. The van der Waals surface area contributed by atoms with Gasteiger partial charge in [0.05, 0.1) is 4.90 Å². The van der Waals surface area contributed by atoms with Gasteiger partial charge in [-0.1, -0.05) is 66.2 Å². The number of para-hydroxylation sites is 1. The van der Waals surface area contributed by atoms with E-state index >= 15 is 0 Å². The Kier molecular flexibility index (Phi) is 6.58. The predicted molar refractivity (Wildman–Crippen MR) is 120 cm³/mol. The molecule has 0 fully saturated rings. The van der Waals surface area contributed by atoms with Gasteiger partial charge in [-0.15, -0.1) is 4.40 Å². The van der Waals surface area contributed by atoms with Gasteiger partial charge >= 0.3 is 0 Å². The number of sulfonamides is 1. The molecule has 0 spiro atoms. The van der Waals surface area contributed by atoms with Crippen LogP contribution in [0.1, 0.15) is 11.1 Å². The van der Waals surface area contributed by atoms with Crippen LogP contribution in [-0.4, -0.2) is 19.4 Å². The van der Waals surface area contributed by atoms with Crippen LogP contribution < -0.4 is 16.2 Å². The Hall–Kier alpha value is -3.23. The highest BCUT2D eigenvalue weighted by Crippen LogP contribution is 2.14. The number of benzene rings is 3. The molecule has 0 bridgehead atoms. The van der Waals surface area contributed by atoms with Crippen molar-refractivity contribution in [3.8, 4) is 0 Å². The number of anilines is 1. The van der Waals surface area contributed by atoms with Crippen LogP contribution in [0.5, 0.6) is 0 Å². The summed E-state index contributed by atoms with van der Waals surface area (Å²) >= 11 is 5.26. The van der Waals surface area contributed by atoms with E-state index < -0.39 is 10.0 Å². The van der Waals surface area contributed by atoms with Crippen molar-refractivity contribution in [2.45, 2.75) is 11.8 Å². The Bertz CT molecular complexity index is 1100. The summed E-state index contributed by atoms with van der Waals surface area (Å²) < 4.78 is 29.5. The molecule has 0 aliphatic carbocycles.